The number of nitrogens with one attached hydrogen (secondary N) is 1. The largest absolute Gasteiger partial charge is 0.357 e. The van der Waals surface area contributed by atoms with Gasteiger partial charge in [-0.15, -0.1) is 24.0 Å². The molecule has 0 saturated carbocycles. The third-order valence-corrected chi connectivity index (χ3v) is 5.31. The number of guanidine groups is 1. The van der Waals surface area contributed by atoms with Crippen LogP contribution in [0.15, 0.2) is 29.3 Å². The van der Waals surface area contributed by atoms with E-state index in [-0.39, 0.29) is 35.8 Å². The van der Waals surface area contributed by atoms with Crippen LogP contribution in [0.2, 0.25) is 0 Å². The number of piperazine rings is 1. The minimum atomic E-state index is 0. The molecule has 2 fully saturated rings. The summed E-state index contributed by atoms with van der Waals surface area (Å²) in [6, 6.07) is 8.34. The maximum atomic E-state index is 11.9. The number of aliphatic imine (C=N–C) groups is 1. The molecule has 7 nitrogen and oxygen atoms in total. The summed E-state index contributed by atoms with van der Waals surface area (Å²) < 4.78 is 0. The Morgan fingerprint density at radius 3 is 2.41 bits per heavy atom. The summed E-state index contributed by atoms with van der Waals surface area (Å²) >= 11 is 0. The highest BCUT2D eigenvalue weighted by Gasteiger charge is 2.21. The van der Waals surface area contributed by atoms with Crippen LogP contribution in [0.5, 0.6) is 0 Å². The van der Waals surface area contributed by atoms with Gasteiger partial charge in [-0.05, 0) is 24.5 Å². The minimum Gasteiger partial charge on any atom is -0.357 e. The second kappa shape index (κ2) is 11.4. The molecule has 2 amide bonds. The molecule has 0 unspecified atom stereocenters. The number of likely N-dealkylation sites (tertiary alicyclic amines) is 1. The highest BCUT2D eigenvalue weighted by Crippen LogP contribution is 2.15. The lowest BCUT2D eigenvalue weighted by Crippen LogP contribution is -2.53. The maximum Gasteiger partial charge on any atom is 0.222 e. The van der Waals surface area contributed by atoms with E-state index in [0.717, 1.165) is 62.8 Å². The number of benzene rings is 1. The number of nitrogens with zero attached hydrogens (tertiary/aromatic N) is 4. The predicted octanol–water partition coefficient (Wildman–Crippen LogP) is 2.06. The van der Waals surface area contributed by atoms with Crippen molar-refractivity contribution in [2.45, 2.75) is 39.8 Å². The minimum absolute atomic E-state index is 0. The van der Waals surface area contributed by atoms with Gasteiger partial charge in [0, 0.05) is 59.2 Å². The lowest BCUT2D eigenvalue weighted by atomic mass is 10.1. The Morgan fingerprint density at radius 2 is 1.79 bits per heavy atom. The number of carbonyl (C=O) groups is 2. The molecular formula is C21H32IN5O2. The molecule has 2 saturated heterocycles. The van der Waals surface area contributed by atoms with E-state index in [9.17, 15) is 9.59 Å². The van der Waals surface area contributed by atoms with Crippen molar-refractivity contribution >= 4 is 41.8 Å². The van der Waals surface area contributed by atoms with Gasteiger partial charge in [-0.25, -0.2) is 4.99 Å². The molecule has 160 valence electrons. The van der Waals surface area contributed by atoms with Crippen molar-refractivity contribution in [2.24, 2.45) is 4.99 Å². The molecule has 29 heavy (non-hydrogen) atoms. The first-order valence-corrected chi connectivity index (χ1v) is 10.2. The predicted molar refractivity (Wildman–Crippen MR) is 125 cm³/mol. The second-order valence-corrected chi connectivity index (χ2v) is 7.40. The first-order chi connectivity index (χ1) is 13.6. The molecule has 0 aliphatic carbocycles. The van der Waals surface area contributed by atoms with E-state index in [0.29, 0.717) is 19.5 Å². The lowest BCUT2D eigenvalue weighted by molar-refractivity contribution is -0.130. The van der Waals surface area contributed by atoms with E-state index >= 15 is 0 Å². The van der Waals surface area contributed by atoms with Crippen LogP contribution in [-0.2, 0) is 22.7 Å². The summed E-state index contributed by atoms with van der Waals surface area (Å²) in [4.78, 5) is 34.2. The molecule has 2 aliphatic heterocycles. The summed E-state index contributed by atoms with van der Waals surface area (Å²) in [6.45, 7) is 9.69. The Bertz CT molecular complexity index is 732. The molecule has 0 bridgehead atoms. The Kier molecular flexibility index (Phi) is 9.19. The van der Waals surface area contributed by atoms with Crippen LogP contribution >= 0.6 is 24.0 Å². The zero-order valence-electron chi connectivity index (χ0n) is 17.4. The van der Waals surface area contributed by atoms with Crippen molar-refractivity contribution in [3.63, 3.8) is 0 Å². The van der Waals surface area contributed by atoms with E-state index < -0.39 is 0 Å². The van der Waals surface area contributed by atoms with Gasteiger partial charge >= 0.3 is 0 Å². The van der Waals surface area contributed by atoms with Gasteiger partial charge in [0.2, 0.25) is 11.8 Å². The van der Waals surface area contributed by atoms with Crippen LogP contribution < -0.4 is 5.32 Å². The molecule has 0 aromatic heterocycles. The molecule has 3 rings (SSSR count). The van der Waals surface area contributed by atoms with Gasteiger partial charge in [0.1, 0.15) is 0 Å². The molecule has 0 spiro atoms. The molecule has 2 aliphatic rings. The third kappa shape index (κ3) is 6.58. The number of hydrogen-bond donors (Lipinski definition) is 1. The molecule has 0 radical (unpaired) electrons. The van der Waals surface area contributed by atoms with Gasteiger partial charge in [-0.3, -0.25) is 9.59 Å². The summed E-state index contributed by atoms with van der Waals surface area (Å²) in [6.07, 6.45) is 1.64. The SMILES string of the molecule is CCNC(=NCc1cccc(CN2CCCC2=O)c1)N1CCN(C(C)=O)CC1.I. The van der Waals surface area contributed by atoms with Gasteiger partial charge < -0.3 is 20.0 Å². The maximum absolute atomic E-state index is 11.9. The van der Waals surface area contributed by atoms with Crippen molar-refractivity contribution in [1.82, 2.24) is 20.0 Å². The van der Waals surface area contributed by atoms with Crippen LogP contribution in [0.3, 0.4) is 0 Å². The van der Waals surface area contributed by atoms with Crippen LogP contribution in [0, 0.1) is 0 Å². The molecule has 1 N–H and O–H groups in total. The Hall–Kier alpha value is -1.84. The van der Waals surface area contributed by atoms with Crippen molar-refractivity contribution in [2.75, 3.05) is 39.3 Å². The van der Waals surface area contributed by atoms with Gasteiger partial charge in [0.25, 0.3) is 0 Å². The molecule has 8 heteroatoms. The first kappa shape index (κ1) is 23.4. The van der Waals surface area contributed by atoms with E-state index in [4.69, 9.17) is 4.99 Å². The zero-order valence-corrected chi connectivity index (χ0v) is 19.7. The van der Waals surface area contributed by atoms with E-state index in [1.165, 1.54) is 0 Å². The lowest BCUT2D eigenvalue weighted by Gasteiger charge is -2.36. The van der Waals surface area contributed by atoms with Crippen LogP contribution in [0.4, 0.5) is 0 Å². The van der Waals surface area contributed by atoms with Gasteiger partial charge in [0.15, 0.2) is 5.96 Å². The Balaban J connectivity index is 0.00000300. The van der Waals surface area contributed by atoms with E-state index in [1.54, 1.807) is 6.92 Å². The van der Waals surface area contributed by atoms with Crippen molar-refractivity contribution in [3.05, 3.63) is 35.4 Å². The number of halogens is 1. The molecule has 0 atom stereocenters. The normalized spacial score (nSPS) is 17.4. The smallest absolute Gasteiger partial charge is 0.222 e. The number of rotatable bonds is 5. The topological polar surface area (TPSA) is 68.2 Å². The van der Waals surface area contributed by atoms with Gasteiger partial charge in [-0.2, -0.15) is 0 Å². The molecule has 1 aromatic carbocycles. The third-order valence-electron chi connectivity index (χ3n) is 5.31. The standard InChI is InChI=1S/C21H31N5O2.HI/c1-3-22-21(25-12-10-24(11-13-25)17(2)27)23-15-18-6-4-7-19(14-18)16-26-9-5-8-20(26)28;/h4,6-7,14H,3,5,8-13,15-16H2,1-2H3,(H,22,23);1H. The van der Waals surface area contributed by atoms with Crippen LogP contribution in [0.1, 0.15) is 37.8 Å². The summed E-state index contributed by atoms with van der Waals surface area (Å²) in [5, 5.41) is 3.37. The van der Waals surface area contributed by atoms with E-state index in [1.807, 2.05) is 15.9 Å². The second-order valence-electron chi connectivity index (χ2n) is 7.40. The van der Waals surface area contributed by atoms with Crippen molar-refractivity contribution in [3.8, 4) is 0 Å². The molecule has 1 aromatic rings. The average molecular weight is 513 g/mol. The van der Waals surface area contributed by atoms with Crippen LogP contribution in [-0.4, -0.2) is 71.7 Å². The Morgan fingerprint density at radius 1 is 1.10 bits per heavy atom. The van der Waals surface area contributed by atoms with Gasteiger partial charge in [0.05, 0.1) is 6.54 Å². The van der Waals surface area contributed by atoms with E-state index in [2.05, 4.69) is 35.3 Å². The highest BCUT2D eigenvalue weighted by molar-refractivity contribution is 14.0. The number of hydrogen-bond acceptors (Lipinski definition) is 3. The Labute approximate surface area is 190 Å². The van der Waals surface area contributed by atoms with Crippen molar-refractivity contribution in [1.29, 1.82) is 0 Å². The van der Waals surface area contributed by atoms with Crippen LogP contribution in [0.25, 0.3) is 0 Å². The van der Waals surface area contributed by atoms with Gasteiger partial charge in [-0.1, -0.05) is 24.3 Å². The number of carbonyl (C=O) groups excluding carboxylic acids is 2. The fraction of sp³-hybridized carbons (Fsp3) is 0.571. The first-order valence-electron chi connectivity index (χ1n) is 10.2. The molecular weight excluding hydrogens is 481 g/mol. The fourth-order valence-electron chi connectivity index (χ4n) is 3.74. The molecule has 2 heterocycles. The fourth-order valence-corrected chi connectivity index (χ4v) is 3.74. The highest BCUT2D eigenvalue weighted by atomic mass is 127. The summed E-state index contributed by atoms with van der Waals surface area (Å²) in [7, 11) is 0. The zero-order chi connectivity index (χ0) is 19.9. The monoisotopic (exact) mass is 513 g/mol. The summed E-state index contributed by atoms with van der Waals surface area (Å²) in [5.41, 5.74) is 2.30. The summed E-state index contributed by atoms with van der Waals surface area (Å²) in [5.74, 6) is 1.28. The quantitative estimate of drug-likeness (QED) is 0.372. The van der Waals surface area contributed by atoms with Crippen molar-refractivity contribution < 1.29 is 9.59 Å². The number of amides is 2. The average Bonchev–Trinajstić information content (AvgIpc) is 3.10.